The van der Waals surface area contributed by atoms with Crippen molar-refractivity contribution in [3.8, 4) is 40.1 Å². The van der Waals surface area contributed by atoms with Crippen LogP contribution in [0.3, 0.4) is 0 Å². The van der Waals surface area contributed by atoms with Gasteiger partial charge in [0.1, 0.15) is 28.7 Å². The average molecular weight is 649 g/mol. The summed E-state index contributed by atoms with van der Waals surface area (Å²) >= 11 is 0. The van der Waals surface area contributed by atoms with Crippen LogP contribution in [0, 0.1) is 5.82 Å². The van der Waals surface area contributed by atoms with E-state index in [2.05, 4.69) is 55.1 Å². The van der Waals surface area contributed by atoms with E-state index in [9.17, 15) is 4.39 Å². The molecule has 0 radical (unpaired) electrons. The Balaban J connectivity index is 1.65. The van der Waals surface area contributed by atoms with Gasteiger partial charge in [-0.3, -0.25) is 0 Å². The first-order chi connectivity index (χ1) is 22.9. The highest BCUT2D eigenvalue weighted by Gasteiger charge is 2.19. The molecule has 0 atom stereocenters. The Kier molecular flexibility index (Phi) is 14.2. The van der Waals surface area contributed by atoms with Crippen molar-refractivity contribution in [3.63, 3.8) is 0 Å². The molecule has 0 amide bonds. The van der Waals surface area contributed by atoms with Crippen molar-refractivity contribution >= 4 is 11.0 Å². The number of hydrogen-bond acceptors (Lipinski definition) is 7. The van der Waals surface area contributed by atoms with Crippen LogP contribution < -0.4 is 18.9 Å². The van der Waals surface area contributed by atoms with E-state index >= 15 is 0 Å². The molecule has 0 unspecified atom stereocenters. The lowest BCUT2D eigenvalue weighted by molar-refractivity contribution is 0.243. The predicted molar refractivity (Wildman–Crippen MR) is 189 cm³/mol. The summed E-state index contributed by atoms with van der Waals surface area (Å²) in [5.74, 6) is 3.45. The van der Waals surface area contributed by atoms with Gasteiger partial charge in [-0.15, -0.1) is 0 Å². The highest BCUT2D eigenvalue weighted by atomic mass is 19.1. The molecule has 0 aliphatic carbocycles. The molecule has 1 heterocycles. The Hall–Kier alpha value is -3.82. The van der Waals surface area contributed by atoms with E-state index in [1.165, 1.54) is 19.2 Å². The minimum atomic E-state index is -0.379. The van der Waals surface area contributed by atoms with Crippen LogP contribution in [0.5, 0.6) is 28.7 Å². The number of aryl methyl sites for hydroxylation is 1. The lowest BCUT2D eigenvalue weighted by atomic mass is 10.2. The van der Waals surface area contributed by atoms with Crippen LogP contribution in [0.25, 0.3) is 22.4 Å². The highest BCUT2D eigenvalue weighted by Crippen LogP contribution is 2.37. The number of rotatable bonds is 21. The molecule has 3 aromatic carbocycles. The lowest BCUT2D eigenvalue weighted by Gasteiger charge is -2.18. The van der Waals surface area contributed by atoms with Gasteiger partial charge in [-0.2, -0.15) is 0 Å². The largest absolute Gasteiger partial charge is 0.493 e. The fourth-order valence-electron chi connectivity index (χ4n) is 5.68. The molecule has 0 bridgehead atoms. The molecule has 0 N–H and O–H groups in total. The van der Waals surface area contributed by atoms with Crippen LogP contribution in [-0.4, -0.2) is 78.9 Å². The summed E-state index contributed by atoms with van der Waals surface area (Å²) in [6.07, 6.45) is 3.96. The van der Waals surface area contributed by atoms with Gasteiger partial charge in [0, 0.05) is 43.4 Å². The molecule has 256 valence electrons. The van der Waals surface area contributed by atoms with Crippen molar-refractivity contribution in [2.24, 2.45) is 0 Å². The zero-order valence-electron chi connectivity index (χ0n) is 29.2. The number of imidazole rings is 1. The van der Waals surface area contributed by atoms with Gasteiger partial charge in [-0.05, 0) is 81.8 Å². The minimum absolute atomic E-state index is 0.339. The zero-order chi connectivity index (χ0) is 33.6. The molecule has 8 nitrogen and oxygen atoms in total. The van der Waals surface area contributed by atoms with E-state index in [0.29, 0.717) is 30.5 Å². The number of fused-ring (bicyclic) bond motifs is 1. The van der Waals surface area contributed by atoms with Crippen molar-refractivity contribution in [1.82, 2.24) is 19.4 Å². The fraction of sp³-hybridized carbons (Fsp3) is 0.500. The third kappa shape index (κ3) is 9.84. The number of ether oxygens (including phenoxy) is 4. The smallest absolute Gasteiger partial charge is 0.169 e. The summed E-state index contributed by atoms with van der Waals surface area (Å²) in [5.41, 5.74) is 2.81. The Morgan fingerprint density at radius 1 is 0.702 bits per heavy atom. The second kappa shape index (κ2) is 18.5. The fourth-order valence-corrected chi connectivity index (χ4v) is 5.68. The molecule has 0 saturated heterocycles. The number of benzene rings is 3. The number of hydrogen-bond donors (Lipinski definition) is 0. The van der Waals surface area contributed by atoms with Crippen LogP contribution in [-0.2, 0) is 6.54 Å². The summed E-state index contributed by atoms with van der Waals surface area (Å²) in [7, 11) is 1.50. The van der Waals surface area contributed by atoms with Crippen LogP contribution >= 0.6 is 0 Å². The number of methoxy groups -OCH3 is 1. The predicted octanol–water partition coefficient (Wildman–Crippen LogP) is 8.66. The van der Waals surface area contributed by atoms with Crippen molar-refractivity contribution in [1.29, 1.82) is 0 Å². The first kappa shape index (κ1) is 36.0. The van der Waals surface area contributed by atoms with Crippen molar-refractivity contribution in [2.45, 2.75) is 66.8 Å². The van der Waals surface area contributed by atoms with E-state index in [-0.39, 0.29) is 5.82 Å². The number of unbranched alkanes of at least 4 members (excludes halogenated alkanes) is 1. The lowest BCUT2D eigenvalue weighted by Crippen LogP contribution is -2.25. The molecule has 0 spiro atoms. The van der Waals surface area contributed by atoms with Gasteiger partial charge in [-0.25, -0.2) is 9.37 Å². The quantitative estimate of drug-likeness (QED) is 0.0838. The first-order valence-electron chi connectivity index (χ1n) is 17.3. The van der Waals surface area contributed by atoms with Crippen LogP contribution in [0.4, 0.5) is 4.39 Å². The van der Waals surface area contributed by atoms with E-state index in [0.717, 1.165) is 105 Å². The van der Waals surface area contributed by atoms with Gasteiger partial charge >= 0.3 is 0 Å². The normalized spacial score (nSPS) is 11.5. The maximum absolute atomic E-state index is 13.7. The Morgan fingerprint density at radius 3 is 1.98 bits per heavy atom. The highest BCUT2D eigenvalue weighted by molar-refractivity contribution is 5.87. The molecule has 0 saturated carbocycles. The van der Waals surface area contributed by atoms with Gasteiger partial charge in [0.15, 0.2) is 17.2 Å². The minimum Gasteiger partial charge on any atom is -0.493 e. The topological polar surface area (TPSA) is 61.2 Å². The maximum atomic E-state index is 13.7. The standard InChI is InChI=1S/C38H53FN4O4/c1-7-12-23-43-33-27-32(45-24-13-21-41(8-2)9-3)28-36(46-25-14-22-42(10-4)11-5)37(33)40-38(43)29-15-18-31(19-16-29)47-34-20-17-30(39)26-35(34)44-6/h15-20,26-28H,7-14,21-25H2,1-6H3. The first-order valence-corrected chi connectivity index (χ1v) is 17.3. The van der Waals surface area contributed by atoms with E-state index in [4.69, 9.17) is 23.9 Å². The SMILES string of the molecule is CCCCn1c(-c2ccc(Oc3ccc(F)cc3OC)cc2)nc2c(OCCCN(CC)CC)cc(OCCCN(CC)CC)cc21. The average Bonchev–Trinajstić information content (AvgIpc) is 3.46. The molecule has 0 aliphatic heterocycles. The van der Waals surface area contributed by atoms with Crippen molar-refractivity contribution in [2.75, 3.05) is 59.6 Å². The molecule has 47 heavy (non-hydrogen) atoms. The van der Waals surface area contributed by atoms with Gasteiger partial charge < -0.3 is 33.3 Å². The molecular formula is C38H53FN4O4. The summed E-state index contributed by atoms with van der Waals surface area (Å²) in [4.78, 5) is 10.00. The summed E-state index contributed by atoms with van der Waals surface area (Å²) in [6.45, 7) is 19.2. The second-order valence-electron chi connectivity index (χ2n) is 11.6. The van der Waals surface area contributed by atoms with E-state index in [1.54, 1.807) is 6.07 Å². The van der Waals surface area contributed by atoms with Crippen molar-refractivity contribution in [3.05, 3.63) is 60.4 Å². The second-order valence-corrected chi connectivity index (χ2v) is 11.6. The monoisotopic (exact) mass is 648 g/mol. The van der Waals surface area contributed by atoms with Crippen LogP contribution in [0.1, 0.15) is 60.3 Å². The molecule has 0 aliphatic rings. The molecule has 1 aromatic heterocycles. The molecule has 9 heteroatoms. The molecule has 4 aromatic rings. The van der Waals surface area contributed by atoms with Crippen LogP contribution in [0.2, 0.25) is 0 Å². The summed E-state index contributed by atoms with van der Waals surface area (Å²) < 4.78 is 40.1. The van der Waals surface area contributed by atoms with Gasteiger partial charge in [0.2, 0.25) is 0 Å². The Bertz CT molecular complexity index is 1520. The third-order valence-corrected chi connectivity index (χ3v) is 8.55. The summed E-state index contributed by atoms with van der Waals surface area (Å²) in [6, 6.07) is 16.2. The number of nitrogens with zero attached hydrogens (tertiary/aromatic N) is 4. The van der Waals surface area contributed by atoms with Crippen molar-refractivity contribution < 1.29 is 23.3 Å². The van der Waals surface area contributed by atoms with Gasteiger partial charge in [0.05, 0.1) is 25.8 Å². The van der Waals surface area contributed by atoms with Gasteiger partial charge in [-0.1, -0.05) is 41.0 Å². The Morgan fingerprint density at radius 2 is 1.36 bits per heavy atom. The van der Waals surface area contributed by atoms with E-state index < -0.39 is 0 Å². The zero-order valence-corrected chi connectivity index (χ0v) is 29.2. The number of halogens is 1. The van der Waals surface area contributed by atoms with E-state index in [1.807, 2.05) is 30.3 Å². The number of aromatic nitrogens is 2. The molecule has 0 fully saturated rings. The third-order valence-electron chi connectivity index (χ3n) is 8.55. The molecule has 4 rings (SSSR count). The Labute approximate surface area is 280 Å². The van der Waals surface area contributed by atoms with Gasteiger partial charge in [0.25, 0.3) is 0 Å². The molecular weight excluding hydrogens is 595 g/mol. The summed E-state index contributed by atoms with van der Waals surface area (Å²) in [5, 5.41) is 0. The maximum Gasteiger partial charge on any atom is 0.169 e. The van der Waals surface area contributed by atoms with Crippen LogP contribution in [0.15, 0.2) is 54.6 Å².